The summed E-state index contributed by atoms with van der Waals surface area (Å²) < 4.78 is 16.9. The van der Waals surface area contributed by atoms with Crippen LogP contribution in [-0.2, 0) is 16.0 Å². The first-order valence-corrected chi connectivity index (χ1v) is 10.2. The van der Waals surface area contributed by atoms with Gasteiger partial charge in [-0.2, -0.15) is 4.98 Å². The summed E-state index contributed by atoms with van der Waals surface area (Å²) in [6, 6.07) is 9.59. The van der Waals surface area contributed by atoms with Gasteiger partial charge in [-0.25, -0.2) is 0 Å². The summed E-state index contributed by atoms with van der Waals surface area (Å²) in [5.74, 6) is 0.761. The van der Waals surface area contributed by atoms with Crippen molar-refractivity contribution < 1.29 is 18.5 Å². The zero-order valence-electron chi connectivity index (χ0n) is 17.4. The SMILES string of the molecule is Cc1cc(C)c2c(CC(=O)N3CCO[C@H](c4nc(-c5ccccn5)no4)C3)coc2c1. The number of aromatic nitrogens is 3. The maximum atomic E-state index is 13.0. The fraction of sp³-hybridized carbons (Fsp3) is 0.304. The van der Waals surface area contributed by atoms with Crippen LogP contribution in [0.25, 0.3) is 22.5 Å². The molecule has 0 radical (unpaired) electrons. The summed E-state index contributed by atoms with van der Waals surface area (Å²) in [7, 11) is 0. The number of amides is 1. The zero-order valence-corrected chi connectivity index (χ0v) is 17.4. The van der Waals surface area contributed by atoms with Crippen molar-refractivity contribution in [2.45, 2.75) is 26.4 Å². The van der Waals surface area contributed by atoms with Crippen LogP contribution in [0, 0.1) is 13.8 Å². The Balaban J connectivity index is 1.31. The van der Waals surface area contributed by atoms with E-state index in [1.54, 1.807) is 17.4 Å². The molecule has 1 aliphatic heterocycles. The smallest absolute Gasteiger partial charge is 0.257 e. The molecule has 8 nitrogen and oxygen atoms in total. The standard InChI is InChI=1S/C23H22N4O4/c1-14-9-15(2)21-16(13-30-18(21)10-14)11-20(28)27-7-8-29-19(12-27)23-25-22(26-31-23)17-5-3-4-6-24-17/h3-6,9-10,13,19H,7-8,11-12H2,1-2H3/t19-/m0/s1. The van der Waals surface area contributed by atoms with Crippen LogP contribution >= 0.6 is 0 Å². The second-order valence-corrected chi connectivity index (χ2v) is 7.76. The largest absolute Gasteiger partial charge is 0.464 e. The molecule has 8 heteroatoms. The molecule has 1 amide bonds. The van der Waals surface area contributed by atoms with Gasteiger partial charge in [-0.05, 0) is 43.2 Å². The van der Waals surface area contributed by atoms with E-state index in [4.69, 9.17) is 13.7 Å². The molecular weight excluding hydrogens is 396 g/mol. The third-order valence-corrected chi connectivity index (χ3v) is 5.46. The zero-order chi connectivity index (χ0) is 21.4. The molecule has 1 fully saturated rings. The summed E-state index contributed by atoms with van der Waals surface area (Å²) in [6.07, 6.45) is 3.16. The molecule has 0 saturated carbocycles. The maximum Gasteiger partial charge on any atom is 0.257 e. The Morgan fingerprint density at radius 2 is 2.16 bits per heavy atom. The molecule has 31 heavy (non-hydrogen) atoms. The number of hydrogen-bond acceptors (Lipinski definition) is 7. The van der Waals surface area contributed by atoms with E-state index in [2.05, 4.69) is 21.2 Å². The number of benzene rings is 1. The van der Waals surface area contributed by atoms with Crippen molar-refractivity contribution in [3.8, 4) is 11.5 Å². The predicted molar refractivity (Wildman–Crippen MR) is 112 cm³/mol. The minimum atomic E-state index is -0.465. The van der Waals surface area contributed by atoms with E-state index in [-0.39, 0.29) is 12.3 Å². The number of carbonyl (C=O) groups is 1. The van der Waals surface area contributed by atoms with Gasteiger partial charge in [0.1, 0.15) is 11.3 Å². The van der Waals surface area contributed by atoms with Crippen molar-refractivity contribution in [3.05, 3.63) is 65.4 Å². The molecule has 0 unspecified atom stereocenters. The number of fused-ring (bicyclic) bond motifs is 1. The predicted octanol–water partition coefficient (Wildman–Crippen LogP) is 3.64. The molecule has 158 valence electrons. The number of carbonyl (C=O) groups excluding carboxylic acids is 1. The highest BCUT2D eigenvalue weighted by Gasteiger charge is 2.30. The highest BCUT2D eigenvalue weighted by atomic mass is 16.5. The van der Waals surface area contributed by atoms with Gasteiger partial charge < -0.3 is 18.6 Å². The number of nitrogens with zero attached hydrogens (tertiary/aromatic N) is 4. The van der Waals surface area contributed by atoms with Gasteiger partial charge in [0, 0.05) is 23.7 Å². The van der Waals surface area contributed by atoms with Crippen molar-refractivity contribution in [1.29, 1.82) is 0 Å². The number of morpholine rings is 1. The van der Waals surface area contributed by atoms with E-state index in [1.165, 1.54) is 0 Å². The van der Waals surface area contributed by atoms with E-state index in [0.29, 0.717) is 37.1 Å². The van der Waals surface area contributed by atoms with Crippen molar-refractivity contribution in [3.63, 3.8) is 0 Å². The Morgan fingerprint density at radius 1 is 1.26 bits per heavy atom. The first-order valence-electron chi connectivity index (χ1n) is 10.2. The lowest BCUT2D eigenvalue weighted by molar-refractivity contribution is -0.139. The van der Waals surface area contributed by atoms with Crippen LogP contribution in [0.2, 0.25) is 0 Å². The Kier molecular flexibility index (Phi) is 4.99. The van der Waals surface area contributed by atoms with Crippen LogP contribution in [0.5, 0.6) is 0 Å². The first kappa shape index (κ1) is 19.4. The molecule has 0 N–H and O–H groups in total. The highest BCUT2D eigenvalue weighted by Crippen LogP contribution is 2.28. The van der Waals surface area contributed by atoms with Gasteiger partial charge in [0.25, 0.3) is 5.89 Å². The van der Waals surface area contributed by atoms with Crippen molar-refractivity contribution in [2.75, 3.05) is 19.7 Å². The van der Waals surface area contributed by atoms with Crippen LogP contribution < -0.4 is 0 Å². The summed E-state index contributed by atoms with van der Waals surface area (Å²) in [5.41, 5.74) is 4.58. The van der Waals surface area contributed by atoms with E-state index < -0.39 is 6.10 Å². The number of hydrogen-bond donors (Lipinski definition) is 0. The van der Waals surface area contributed by atoms with Gasteiger partial charge in [-0.3, -0.25) is 9.78 Å². The third kappa shape index (κ3) is 3.82. The van der Waals surface area contributed by atoms with Gasteiger partial charge in [0.15, 0.2) is 6.10 Å². The van der Waals surface area contributed by atoms with E-state index in [9.17, 15) is 4.79 Å². The Morgan fingerprint density at radius 3 is 3.00 bits per heavy atom. The summed E-state index contributed by atoms with van der Waals surface area (Å²) >= 11 is 0. The molecule has 0 bridgehead atoms. The Bertz CT molecular complexity index is 1230. The molecule has 4 aromatic rings. The van der Waals surface area contributed by atoms with Gasteiger partial charge in [0.2, 0.25) is 11.7 Å². The number of ether oxygens (including phenoxy) is 1. The van der Waals surface area contributed by atoms with Gasteiger partial charge in [-0.15, -0.1) is 0 Å². The second kappa shape index (κ2) is 7.96. The second-order valence-electron chi connectivity index (χ2n) is 7.76. The topological polar surface area (TPSA) is 94.5 Å². The first-order chi connectivity index (χ1) is 15.1. The molecule has 1 atom stereocenters. The van der Waals surface area contributed by atoms with E-state index in [1.807, 2.05) is 38.1 Å². The van der Waals surface area contributed by atoms with Crippen molar-refractivity contribution in [2.24, 2.45) is 0 Å². The van der Waals surface area contributed by atoms with E-state index in [0.717, 1.165) is 27.7 Å². The molecule has 0 aliphatic carbocycles. The number of aryl methyl sites for hydroxylation is 2. The monoisotopic (exact) mass is 418 g/mol. The molecular formula is C23H22N4O4. The fourth-order valence-electron chi connectivity index (χ4n) is 4.02. The molecule has 1 saturated heterocycles. The molecule has 1 aliphatic rings. The average Bonchev–Trinajstić information content (AvgIpc) is 3.42. The minimum absolute atomic E-state index is 0.0143. The van der Waals surface area contributed by atoms with Gasteiger partial charge >= 0.3 is 0 Å². The van der Waals surface area contributed by atoms with Crippen LogP contribution in [0.3, 0.4) is 0 Å². The van der Waals surface area contributed by atoms with Gasteiger partial charge in [-0.1, -0.05) is 17.3 Å². The maximum absolute atomic E-state index is 13.0. The average molecular weight is 418 g/mol. The molecule has 1 aromatic carbocycles. The Labute approximate surface area is 178 Å². The molecule has 0 spiro atoms. The third-order valence-electron chi connectivity index (χ3n) is 5.46. The molecule has 3 aromatic heterocycles. The lowest BCUT2D eigenvalue weighted by Gasteiger charge is -2.31. The molecule has 4 heterocycles. The fourth-order valence-corrected chi connectivity index (χ4v) is 4.02. The molecule has 5 rings (SSSR count). The van der Waals surface area contributed by atoms with Crippen LogP contribution in [0.4, 0.5) is 0 Å². The lowest BCUT2D eigenvalue weighted by Crippen LogP contribution is -2.43. The summed E-state index contributed by atoms with van der Waals surface area (Å²) in [5, 5.41) is 5.01. The summed E-state index contributed by atoms with van der Waals surface area (Å²) in [4.78, 5) is 23.5. The van der Waals surface area contributed by atoms with Gasteiger partial charge in [0.05, 0.1) is 25.8 Å². The van der Waals surface area contributed by atoms with Crippen molar-refractivity contribution in [1.82, 2.24) is 20.0 Å². The highest BCUT2D eigenvalue weighted by molar-refractivity contribution is 5.90. The number of rotatable bonds is 4. The van der Waals surface area contributed by atoms with Crippen LogP contribution in [0.1, 0.15) is 28.7 Å². The number of furan rings is 1. The summed E-state index contributed by atoms with van der Waals surface area (Å²) in [6.45, 7) is 5.35. The van der Waals surface area contributed by atoms with Crippen LogP contribution in [0.15, 0.2) is 51.7 Å². The van der Waals surface area contributed by atoms with E-state index >= 15 is 0 Å². The lowest BCUT2D eigenvalue weighted by atomic mass is 10.0. The number of pyridine rings is 1. The van der Waals surface area contributed by atoms with Crippen molar-refractivity contribution >= 4 is 16.9 Å². The quantitative estimate of drug-likeness (QED) is 0.499. The Hall–Kier alpha value is -3.52. The van der Waals surface area contributed by atoms with Crippen LogP contribution in [-0.4, -0.2) is 45.6 Å². The normalized spacial score (nSPS) is 16.7. The minimum Gasteiger partial charge on any atom is -0.464 e.